The molecule has 0 bridgehead atoms. The molecule has 2 aromatic carbocycles. The Kier molecular flexibility index (Phi) is 5.75. The van der Waals surface area contributed by atoms with Crippen LogP contribution in [0.25, 0.3) is 6.08 Å². The Morgan fingerprint density at radius 3 is 2.42 bits per heavy atom. The first-order chi connectivity index (χ1) is 12.6. The number of anilines is 1. The summed E-state index contributed by atoms with van der Waals surface area (Å²) in [7, 11) is 3.98. The van der Waals surface area contributed by atoms with Crippen LogP contribution in [0.3, 0.4) is 0 Å². The quantitative estimate of drug-likeness (QED) is 0.824. The van der Waals surface area contributed by atoms with E-state index in [9.17, 15) is 9.90 Å². The Bertz CT molecular complexity index is 830. The second-order valence-corrected chi connectivity index (χ2v) is 7.02. The highest BCUT2D eigenvalue weighted by Crippen LogP contribution is 2.34. The van der Waals surface area contributed by atoms with E-state index >= 15 is 0 Å². The molecule has 1 fully saturated rings. The van der Waals surface area contributed by atoms with E-state index in [0.717, 1.165) is 16.9 Å². The Morgan fingerprint density at radius 1 is 1.12 bits per heavy atom. The molecular formula is C20H21N3O2S. The normalized spacial score (nSPS) is 17.3. The average molecular weight is 367 g/mol. The van der Waals surface area contributed by atoms with Crippen LogP contribution >= 0.6 is 11.8 Å². The molecule has 0 unspecified atom stereocenters. The molecule has 1 N–H and O–H groups in total. The SMILES string of the molecule is CN(C)c1ccc(/C=C2/SC(=Nc3ccccc3)N(CCO)C2=O)cc1. The van der Waals surface area contributed by atoms with E-state index in [0.29, 0.717) is 10.1 Å². The molecule has 0 atom stereocenters. The van der Waals surface area contributed by atoms with Crippen molar-refractivity contribution >= 4 is 40.3 Å². The summed E-state index contributed by atoms with van der Waals surface area (Å²) in [5.41, 5.74) is 2.84. The molecule has 1 aliphatic heterocycles. The van der Waals surface area contributed by atoms with E-state index in [1.54, 1.807) is 0 Å². The summed E-state index contributed by atoms with van der Waals surface area (Å²) in [6.45, 7) is 0.124. The van der Waals surface area contributed by atoms with Crippen molar-refractivity contribution in [2.75, 3.05) is 32.1 Å². The molecule has 5 nitrogen and oxygen atoms in total. The van der Waals surface area contributed by atoms with Crippen molar-refractivity contribution < 1.29 is 9.90 Å². The lowest BCUT2D eigenvalue weighted by Crippen LogP contribution is -2.31. The molecule has 2 aromatic rings. The number of aliphatic hydroxyl groups is 1. The third-order valence-electron chi connectivity index (χ3n) is 3.90. The predicted octanol–water partition coefficient (Wildman–Crippen LogP) is 3.35. The largest absolute Gasteiger partial charge is 0.395 e. The number of β-amino-alcohol motifs (C(OH)–C–C–N with tert-alkyl or cyclic N) is 1. The number of para-hydroxylation sites is 1. The van der Waals surface area contributed by atoms with Crippen molar-refractivity contribution in [2.24, 2.45) is 4.99 Å². The molecular weight excluding hydrogens is 346 g/mol. The van der Waals surface area contributed by atoms with Gasteiger partial charge >= 0.3 is 0 Å². The molecule has 1 amide bonds. The summed E-state index contributed by atoms with van der Waals surface area (Å²) in [5.74, 6) is -0.129. The van der Waals surface area contributed by atoms with Gasteiger partial charge < -0.3 is 10.0 Å². The molecule has 134 valence electrons. The average Bonchev–Trinajstić information content (AvgIpc) is 2.92. The van der Waals surface area contributed by atoms with Gasteiger partial charge in [-0.2, -0.15) is 0 Å². The van der Waals surface area contributed by atoms with Crippen molar-refractivity contribution in [3.8, 4) is 0 Å². The maximum atomic E-state index is 12.7. The van der Waals surface area contributed by atoms with Crippen molar-refractivity contribution in [3.63, 3.8) is 0 Å². The van der Waals surface area contributed by atoms with Gasteiger partial charge in [-0.15, -0.1) is 0 Å². The second-order valence-electron chi connectivity index (χ2n) is 6.01. The first-order valence-corrected chi connectivity index (χ1v) is 9.13. The van der Waals surface area contributed by atoms with Gasteiger partial charge in [0.2, 0.25) is 0 Å². The lowest BCUT2D eigenvalue weighted by molar-refractivity contribution is -0.122. The molecule has 1 saturated heterocycles. The van der Waals surface area contributed by atoms with E-state index in [1.165, 1.54) is 16.7 Å². The van der Waals surface area contributed by atoms with Crippen LogP contribution in [0.5, 0.6) is 0 Å². The number of nitrogens with zero attached hydrogens (tertiary/aromatic N) is 3. The van der Waals surface area contributed by atoms with Gasteiger partial charge in [-0.3, -0.25) is 9.69 Å². The summed E-state index contributed by atoms with van der Waals surface area (Å²) in [4.78, 5) is 21.4. The summed E-state index contributed by atoms with van der Waals surface area (Å²) in [6.07, 6.45) is 1.87. The molecule has 0 saturated carbocycles. The molecule has 26 heavy (non-hydrogen) atoms. The Labute approximate surface area is 157 Å². The minimum Gasteiger partial charge on any atom is -0.395 e. The van der Waals surface area contributed by atoms with Gasteiger partial charge in [0, 0.05) is 19.8 Å². The third kappa shape index (κ3) is 4.15. The Balaban J connectivity index is 1.89. The number of thioether (sulfide) groups is 1. The number of amides is 1. The summed E-state index contributed by atoms with van der Waals surface area (Å²) in [5, 5.41) is 9.89. The lowest BCUT2D eigenvalue weighted by atomic mass is 10.2. The number of aliphatic imine (C=N–C) groups is 1. The van der Waals surface area contributed by atoms with E-state index in [4.69, 9.17) is 0 Å². The van der Waals surface area contributed by atoms with Gasteiger partial charge in [0.25, 0.3) is 5.91 Å². The van der Waals surface area contributed by atoms with Crippen LogP contribution in [0.2, 0.25) is 0 Å². The van der Waals surface area contributed by atoms with Gasteiger partial charge in [-0.05, 0) is 47.7 Å². The van der Waals surface area contributed by atoms with Gasteiger partial charge in [0.05, 0.1) is 23.7 Å². The maximum Gasteiger partial charge on any atom is 0.266 e. The first kappa shape index (κ1) is 18.2. The van der Waals surface area contributed by atoms with E-state index < -0.39 is 0 Å². The number of hydrogen-bond acceptors (Lipinski definition) is 5. The predicted molar refractivity (Wildman–Crippen MR) is 109 cm³/mol. The fourth-order valence-corrected chi connectivity index (χ4v) is 3.55. The molecule has 0 aliphatic carbocycles. The zero-order chi connectivity index (χ0) is 18.5. The maximum absolute atomic E-state index is 12.7. The van der Waals surface area contributed by atoms with E-state index in [1.807, 2.05) is 79.7 Å². The zero-order valence-electron chi connectivity index (χ0n) is 14.8. The van der Waals surface area contributed by atoms with Gasteiger partial charge in [0.1, 0.15) is 0 Å². The number of hydrogen-bond donors (Lipinski definition) is 1. The van der Waals surface area contributed by atoms with Crippen LogP contribution in [0.1, 0.15) is 5.56 Å². The van der Waals surface area contributed by atoms with Crippen LogP contribution in [0, 0.1) is 0 Å². The Morgan fingerprint density at radius 2 is 1.81 bits per heavy atom. The minimum atomic E-state index is -0.129. The van der Waals surface area contributed by atoms with E-state index in [2.05, 4.69) is 4.99 Å². The van der Waals surface area contributed by atoms with Crippen LogP contribution < -0.4 is 4.90 Å². The minimum absolute atomic E-state index is 0.106. The number of aliphatic hydroxyl groups excluding tert-OH is 1. The number of carbonyl (C=O) groups excluding carboxylic acids is 1. The number of carbonyl (C=O) groups is 1. The highest BCUT2D eigenvalue weighted by Gasteiger charge is 2.32. The number of rotatable bonds is 5. The fraction of sp³-hybridized carbons (Fsp3) is 0.200. The molecule has 6 heteroatoms. The highest BCUT2D eigenvalue weighted by atomic mass is 32.2. The first-order valence-electron chi connectivity index (χ1n) is 8.32. The summed E-state index contributed by atoms with van der Waals surface area (Å²) in [6, 6.07) is 17.5. The molecule has 1 heterocycles. The topological polar surface area (TPSA) is 56.1 Å². The zero-order valence-corrected chi connectivity index (χ0v) is 15.6. The summed E-state index contributed by atoms with van der Waals surface area (Å²) < 4.78 is 0. The molecule has 0 aromatic heterocycles. The van der Waals surface area contributed by atoms with Crippen molar-refractivity contribution in [2.45, 2.75) is 0 Å². The number of amidine groups is 1. The van der Waals surface area contributed by atoms with Crippen LogP contribution in [0.15, 0.2) is 64.5 Å². The number of benzene rings is 2. The van der Waals surface area contributed by atoms with Gasteiger partial charge in [-0.25, -0.2) is 4.99 Å². The molecule has 1 aliphatic rings. The second kappa shape index (κ2) is 8.21. The van der Waals surface area contributed by atoms with E-state index in [-0.39, 0.29) is 19.1 Å². The van der Waals surface area contributed by atoms with Crippen molar-refractivity contribution in [1.29, 1.82) is 0 Å². The van der Waals surface area contributed by atoms with Crippen LogP contribution in [0.4, 0.5) is 11.4 Å². The van der Waals surface area contributed by atoms with Gasteiger partial charge in [0.15, 0.2) is 5.17 Å². The lowest BCUT2D eigenvalue weighted by Gasteiger charge is -2.13. The fourth-order valence-electron chi connectivity index (χ4n) is 2.52. The summed E-state index contributed by atoms with van der Waals surface area (Å²) >= 11 is 1.33. The standard InChI is InChI=1S/C20H21N3O2S/c1-22(2)17-10-8-15(9-11-17)14-18-19(25)23(12-13-24)20(26-18)21-16-6-4-3-5-7-16/h3-11,14,24H,12-13H2,1-2H3/b18-14+,21-20?. The Hall–Kier alpha value is -2.57. The third-order valence-corrected chi connectivity index (χ3v) is 4.91. The van der Waals surface area contributed by atoms with Gasteiger partial charge in [-0.1, -0.05) is 30.3 Å². The van der Waals surface area contributed by atoms with Crippen molar-refractivity contribution in [3.05, 3.63) is 65.1 Å². The monoisotopic (exact) mass is 367 g/mol. The van der Waals surface area contributed by atoms with Crippen LogP contribution in [-0.2, 0) is 4.79 Å². The highest BCUT2D eigenvalue weighted by molar-refractivity contribution is 8.18. The molecule has 0 radical (unpaired) electrons. The van der Waals surface area contributed by atoms with Crippen LogP contribution in [-0.4, -0.2) is 48.3 Å². The molecule has 3 rings (SSSR count). The smallest absolute Gasteiger partial charge is 0.266 e. The molecule has 0 spiro atoms. The van der Waals surface area contributed by atoms with Crippen molar-refractivity contribution in [1.82, 2.24) is 4.90 Å².